The van der Waals surface area contributed by atoms with E-state index in [4.69, 9.17) is 11.5 Å². The largest absolute Gasteiger partial charge is 0.390 e. The fraction of sp³-hybridized carbons (Fsp3) is 0. The van der Waals surface area contributed by atoms with Crippen molar-refractivity contribution in [2.24, 2.45) is 0 Å². The summed E-state index contributed by atoms with van der Waals surface area (Å²) in [4.78, 5) is 8.16. The van der Waals surface area contributed by atoms with Gasteiger partial charge in [0.1, 0.15) is 12.1 Å². The summed E-state index contributed by atoms with van der Waals surface area (Å²) in [6.45, 7) is 0. The van der Waals surface area contributed by atoms with E-state index < -0.39 is 0 Å². The number of hydrogen-bond acceptors (Lipinski definition) is 5. The minimum absolute atomic E-state index is 0.491. The molecule has 0 aliphatic heterocycles. The number of fused-ring (bicyclic) bond motifs is 1. The third-order valence-electron chi connectivity index (χ3n) is 2.67. The minimum Gasteiger partial charge on any atom is -0.390 e. The average molecular weight is 242 g/mol. The summed E-state index contributed by atoms with van der Waals surface area (Å²) in [5.41, 5.74) is 14.7. The molecule has 0 atom stereocenters. The highest BCUT2D eigenvalue weighted by Crippen LogP contribution is 2.32. The number of benzene rings is 1. The lowest BCUT2D eigenvalue weighted by Gasteiger charge is -2.04. The summed E-state index contributed by atoms with van der Waals surface area (Å²) in [7, 11) is 0. The van der Waals surface area contributed by atoms with Gasteiger partial charge in [0.2, 0.25) is 0 Å². The zero-order chi connectivity index (χ0) is 11.8. The van der Waals surface area contributed by atoms with Crippen LogP contribution in [0.25, 0.3) is 22.0 Å². The first-order valence-corrected chi connectivity index (χ1v) is 5.97. The van der Waals surface area contributed by atoms with Crippen LogP contribution in [-0.4, -0.2) is 9.97 Å². The molecule has 0 bridgehead atoms. The van der Waals surface area contributed by atoms with Crippen molar-refractivity contribution in [1.82, 2.24) is 9.97 Å². The lowest BCUT2D eigenvalue weighted by molar-refractivity contribution is 1.23. The molecule has 2 aromatic heterocycles. The molecule has 2 heterocycles. The van der Waals surface area contributed by atoms with Crippen LogP contribution in [0.5, 0.6) is 0 Å². The first-order chi connectivity index (χ1) is 8.25. The summed E-state index contributed by atoms with van der Waals surface area (Å²) >= 11 is 1.52. The lowest BCUT2D eigenvalue weighted by atomic mass is 10.1. The average Bonchev–Trinajstić information content (AvgIpc) is 2.76. The zero-order valence-corrected chi connectivity index (χ0v) is 9.74. The van der Waals surface area contributed by atoms with Gasteiger partial charge in [-0.1, -0.05) is 6.07 Å². The Morgan fingerprint density at radius 1 is 1.06 bits per heavy atom. The third kappa shape index (κ3) is 1.60. The maximum Gasteiger partial charge on any atom is 0.134 e. The smallest absolute Gasteiger partial charge is 0.134 e. The molecular formula is C12H10N4S. The van der Waals surface area contributed by atoms with Gasteiger partial charge in [0.05, 0.1) is 10.5 Å². The van der Waals surface area contributed by atoms with Crippen LogP contribution < -0.4 is 11.5 Å². The van der Waals surface area contributed by atoms with Crippen molar-refractivity contribution in [2.45, 2.75) is 0 Å². The SMILES string of the molecule is Nc1sccc1-c1ccc2ncnc(N)c2c1. The van der Waals surface area contributed by atoms with E-state index in [2.05, 4.69) is 9.97 Å². The normalized spacial score (nSPS) is 10.8. The first-order valence-electron chi connectivity index (χ1n) is 5.09. The second kappa shape index (κ2) is 3.71. The predicted octanol–water partition coefficient (Wildman–Crippen LogP) is 2.52. The number of thiophene rings is 1. The minimum atomic E-state index is 0.491. The predicted molar refractivity (Wildman–Crippen MR) is 71.7 cm³/mol. The lowest BCUT2D eigenvalue weighted by Crippen LogP contribution is -1.93. The number of rotatable bonds is 1. The first kappa shape index (κ1) is 10.0. The van der Waals surface area contributed by atoms with Crippen molar-refractivity contribution in [3.05, 3.63) is 36.0 Å². The van der Waals surface area contributed by atoms with Crippen molar-refractivity contribution in [3.63, 3.8) is 0 Å². The van der Waals surface area contributed by atoms with Crippen molar-refractivity contribution in [3.8, 4) is 11.1 Å². The van der Waals surface area contributed by atoms with Gasteiger partial charge in [0.15, 0.2) is 0 Å². The molecular weight excluding hydrogens is 232 g/mol. The van der Waals surface area contributed by atoms with Crippen LogP contribution in [0.4, 0.5) is 10.8 Å². The van der Waals surface area contributed by atoms with Crippen LogP contribution in [0.3, 0.4) is 0 Å². The molecule has 4 nitrogen and oxygen atoms in total. The summed E-state index contributed by atoms with van der Waals surface area (Å²) in [6.07, 6.45) is 1.47. The van der Waals surface area contributed by atoms with Crippen molar-refractivity contribution >= 4 is 33.1 Å². The van der Waals surface area contributed by atoms with Gasteiger partial charge in [0, 0.05) is 10.9 Å². The molecule has 3 rings (SSSR count). The van der Waals surface area contributed by atoms with Crippen LogP contribution in [0.2, 0.25) is 0 Å². The molecule has 5 heteroatoms. The third-order valence-corrected chi connectivity index (χ3v) is 3.42. The monoisotopic (exact) mass is 242 g/mol. The van der Waals surface area contributed by atoms with Gasteiger partial charge in [-0.2, -0.15) is 0 Å². The van der Waals surface area contributed by atoms with E-state index >= 15 is 0 Å². The maximum atomic E-state index is 5.91. The number of nitrogens with zero attached hydrogens (tertiary/aromatic N) is 2. The Kier molecular flexibility index (Phi) is 2.19. The summed E-state index contributed by atoms with van der Waals surface area (Å²) in [5, 5.41) is 3.63. The Bertz CT molecular complexity index is 690. The molecule has 4 N–H and O–H groups in total. The van der Waals surface area contributed by atoms with Crippen molar-refractivity contribution in [2.75, 3.05) is 11.5 Å². The van der Waals surface area contributed by atoms with E-state index in [0.29, 0.717) is 5.82 Å². The van der Waals surface area contributed by atoms with Crippen LogP contribution in [0, 0.1) is 0 Å². The second-order valence-electron chi connectivity index (χ2n) is 3.69. The van der Waals surface area contributed by atoms with Gasteiger partial charge in [-0.25, -0.2) is 9.97 Å². The van der Waals surface area contributed by atoms with Crippen molar-refractivity contribution < 1.29 is 0 Å². The molecule has 1 aromatic carbocycles. The molecule has 3 aromatic rings. The van der Waals surface area contributed by atoms with E-state index in [1.165, 1.54) is 17.7 Å². The fourth-order valence-corrected chi connectivity index (χ4v) is 2.47. The summed E-state index contributed by atoms with van der Waals surface area (Å²) in [5.74, 6) is 0.491. The molecule has 17 heavy (non-hydrogen) atoms. The topological polar surface area (TPSA) is 77.8 Å². The van der Waals surface area contributed by atoms with E-state index in [0.717, 1.165) is 27.0 Å². The van der Waals surface area contributed by atoms with E-state index in [1.807, 2.05) is 29.6 Å². The molecule has 0 spiro atoms. The Labute approximate surface area is 102 Å². The van der Waals surface area contributed by atoms with Gasteiger partial charge in [-0.15, -0.1) is 11.3 Å². The van der Waals surface area contributed by atoms with Gasteiger partial charge in [-0.3, -0.25) is 0 Å². The van der Waals surface area contributed by atoms with E-state index in [-0.39, 0.29) is 0 Å². The molecule has 84 valence electrons. The fourth-order valence-electron chi connectivity index (χ4n) is 1.80. The Balaban J connectivity index is 2.27. The van der Waals surface area contributed by atoms with Gasteiger partial charge < -0.3 is 11.5 Å². The molecule has 0 saturated heterocycles. The summed E-state index contributed by atoms with van der Waals surface area (Å²) < 4.78 is 0. The molecule has 0 aliphatic rings. The molecule has 0 aliphatic carbocycles. The molecule has 0 unspecified atom stereocenters. The Morgan fingerprint density at radius 3 is 2.71 bits per heavy atom. The van der Waals surface area contributed by atoms with E-state index in [9.17, 15) is 0 Å². The van der Waals surface area contributed by atoms with E-state index in [1.54, 1.807) is 0 Å². The van der Waals surface area contributed by atoms with Gasteiger partial charge in [-0.05, 0) is 29.1 Å². The van der Waals surface area contributed by atoms with Crippen LogP contribution in [0.15, 0.2) is 36.0 Å². The highest BCUT2D eigenvalue weighted by molar-refractivity contribution is 7.14. The number of nitrogens with two attached hydrogens (primary N) is 2. The van der Waals surface area contributed by atoms with Crippen LogP contribution in [-0.2, 0) is 0 Å². The summed E-state index contributed by atoms with van der Waals surface area (Å²) in [6, 6.07) is 7.90. The molecule has 0 saturated carbocycles. The molecule has 0 fully saturated rings. The Hall–Kier alpha value is -2.14. The highest BCUT2D eigenvalue weighted by Gasteiger charge is 2.06. The molecule has 0 amide bonds. The number of nitrogen functional groups attached to an aromatic ring is 2. The van der Waals surface area contributed by atoms with Crippen LogP contribution >= 0.6 is 11.3 Å². The number of anilines is 2. The quantitative estimate of drug-likeness (QED) is 0.687. The molecule has 0 radical (unpaired) electrons. The Morgan fingerprint density at radius 2 is 1.94 bits per heavy atom. The highest BCUT2D eigenvalue weighted by atomic mass is 32.1. The second-order valence-corrected chi connectivity index (χ2v) is 4.64. The van der Waals surface area contributed by atoms with Crippen molar-refractivity contribution in [1.29, 1.82) is 0 Å². The maximum absolute atomic E-state index is 5.91. The van der Waals surface area contributed by atoms with Gasteiger partial charge in [0.25, 0.3) is 0 Å². The zero-order valence-electron chi connectivity index (χ0n) is 8.92. The number of aromatic nitrogens is 2. The standard InChI is InChI=1S/C12H10N4S/c13-11-9-5-7(8-3-4-17-12(8)14)1-2-10(9)15-6-16-11/h1-6H,14H2,(H2,13,15,16). The number of hydrogen-bond donors (Lipinski definition) is 2. The van der Waals surface area contributed by atoms with Crippen LogP contribution in [0.1, 0.15) is 0 Å². The van der Waals surface area contributed by atoms with Gasteiger partial charge >= 0.3 is 0 Å².